The summed E-state index contributed by atoms with van der Waals surface area (Å²) in [6.07, 6.45) is -0.930. The normalized spacial score (nSPS) is 19.5. The van der Waals surface area contributed by atoms with Gasteiger partial charge in [0.05, 0.1) is 6.61 Å². The van der Waals surface area contributed by atoms with Gasteiger partial charge in [-0.2, -0.15) is 4.90 Å². The van der Waals surface area contributed by atoms with Gasteiger partial charge >= 0.3 is 12.1 Å². The van der Waals surface area contributed by atoms with Crippen LogP contribution in [0.1, 0.15) is 20.8 Å². The molecule has 0 spiro atoms. The van der Waals surface area contributed by atoms with Gasteiger partial charge in [0.2, 0.25) is 0 Å². The molecule has 1 heterocycles. The maximum atomic E-state index is 11.5. The van der Waals surface area contributed by atoms with Crippen molar-refractivity contribution in [3.05, 3.63) is 0 Å². The van der Waals surface area contributed by atoms with Crippen molar-refractivity contribution in [3.8, 4) is 0 Å². The molecule has 1 aliphatic rings. The van der Waals surface area contributed by atoms with Crippen LogP contribution in [0, 0.1) is 0 Å². The monoisotopic (exact) mass is 200 g/mol. The maximum Gasteiger partial charge on any atom is 0.425 e. The zero-order valence-corrected chi connectivity index (χ0v) is 8.29. The fourth-order valence-electron chi connectivity index (χ4n) is 1.10. The van der Waals surface area contributed by atoms with Crippen molar-refractivity contribution in [2.24, 2.45) is 0 Å². The summed E-state index contributed by atoms with van der Waals surface area (Å²) in [6.45, 7) is 4.76. The van der Waals surface area contributed by atoms with E-state index in [1.54, 1.807) is 6.92 Å². The number of hydrogen-bond acceptors (Lipinski definition) is 4. The summed E-state index contributed by atoms with van der Waals surface area (Å²) in [7, 11) is 0. The molecule has 0 aromatic carbocycles. The van der Waals surface area contributed by atoms with Gasteiger partial charge in [0.15, 0.2) is 0 Å². The first kappa shape index (κ1) is 10.5. The summed E-state index contributed by atoms with van der Waals surface area (Å²) >= 11 is 0. The maximum absolute atomic E-state index is 11.5. The van der Waals surface area contributed by atoms with E-state index in [1.165, 1.54) is 13.8 Å². The molecule has 0 atom stereocenters. The molecule has 0 radical (unpaired) electrons. The van der Waals surface area contributed by atoms with E-state index in [0.717, 1.165) is 0 Å². The molecule has 0 aromatic rings. The molecule has 0 saturated carbocycles. The molecule has 6 heteroatoms. The van der Waals surface area contributed by atoms with Crippen LogP contribution >= 0.6 is 0 Å². The van der Waals surface area contributed by atoms with Crippen LogP contribution in [0.15, 0.2) is 0 Å². The van der Waals surface area contributed by atoms with Crippen LogP contribution in [0.4, 0.5) is 9.59 Å². The Morgan fingerprint density at radius 2 is 2.07 bits per heavy atom. The average Bonchev–Trinajstić information content (AvgIpc) is 2.22. The zero-order chi connectivity index (χ0) is 10.9. The Morgan fingerprint density at radius 1 is 1.50 bits per heavy atom. The number of imide groups is 3. The third-order valence-corrected chi connectivity index (χ3v) is 1.81. The van der Waals surface area contributed by atoms with E-state index in [4.69, 9.17) is 0 Å². The number of ether oxygens (including phenoxy) is 1. The second-order valence-electron chi connectivity index (χ2n) is 3.39. The molecule has 0 aliphatic carbocycles. The molecular weight excluding hydrogens is 188 g/mol. The summed E-state index contributed by atoms with van der Waals surface area (Å²) in [6, 6.07) is -0.738. The van der Waals surface area contributed by atoms with E-state index in [9.17, 15) is 14.4 Å². The Hall–Kier alpha value is -1.59. The van der Waals surface area contributed by atoms with Crippen LogP contribution in [0.25, 0.3) is 0 Å². The van der Waals surface area contributed by atoms with Gasteiger partial charge in [-0.05, 0) is 20.8 Å². The highest BCUT2D eigenvalue weighted by Gasteiger charge is 2.48. The topological polar surface area (TPSA) is 75.7 Å². The fourth-order valence-corrected chi connectivity index (χ4v) is 1.10. The van der Waals surface area contributed by atoms with Crippen LogP contribution < -0.4 is 5.32 Å². The number of nitrogens with zero attached hydrogens (tertiary/aromatic N) is 1. The molecule has 1 rings (SSSR count). The summed E-state index contributed by atoms with van der Waals surface area (Å²) in [4.78, 5) is 34.4. The highest BCUT2D eigenvalue weighted by atomic mass is 16.6. The van der Waals surface area contributed by atoms with Crippen LogP contribution in [-0.2, 0) is 9.53 Å². The zero-order valence-electron chi connectivity index (χ0n) is 8.29. The Labute approximate surface area is 81.2 Å². The SMILES string of the molecule is CCOC(=O)N1C(=O)NC(C)(C)C1=O. The van der Waals surface area contributed by atoms with Crippen molar-refractivity contribution in [2.75, 3.05) is 6.61 Å². The van der Waals surface area contributed by atoms with Crippen molar-refractivity contribution >= 4 is 18.0 Å². The molecule has 1 saturated heterocycles. The molecule has 1 fully saturated rings. The smallest absolute Gasteiger partial charge is 0.425 e. The van der Waals surface area contributed by atoms with Gasteiger partial charge < -0.3 is 10.1 Å². The number of urea groups is 1. The molecule has 0 unspecified atom stereocenters. The Kier molecular flexibility index (Phi) is 2.46. The summed E-state index contributed by atoms with van der Waals surface area (Å²) in [5, 5.41) is 2.37. The van der Waals surface area contributed by atoms with Gasteiger partial charge in [-0.15, -0.1) is 0 Å². The minimum Gasteiger partial charge on any atom is -0.449 e. The van der Waals surface area contributed by atoms with Gasteiger partial charge in [0.1, 0.15) is 5.54 Å². The number of amides is 4. The van der Waals surface area contributed by atoms with Gasteiger partial charge in [0, 0.05) is 0 Å². The van der Waals surface area contributed by atoms with Crippen molar-refractivity contribution in [2.45, 2.75) is 26.3 Å². The number of carbonyl (C=O) groups excluding carboxylic acids is 3. The standard InChI is InChI=1S/C8H12N2O4/c1-4-14-7(13)10-5(11)8(2,3)9-6(10)12/h4H2,1-3H3,(H,9,12). The van der Waals surface area contributed by atoms with E-state index in [1.807, 2.05) is 0 Å². The molecule has 78 valence electrons. The Balaban J connectivity index is 2.86. The molecule has 14 heavy (non-hydrogen) atoms. The highest BCUT2D eigenvalue weighted by molar-refractivity contribution is 6.16. The quantitative estimate of drug-likeness (QED) is 0.624. The minimum atomic E-state index is -1.04. The van der Waals surface area contributed by atoms with Gasteiger partial charge in [-0.25, -0.2) is 9.59 Å². The molecular formula is C8H12N2O4. The fraction of sp³-hybridized carbons (Fsp3) is 0.625. The lowest BCUT2D eigenvalue weighted by atomic mass is 10.1. The molecule has 4 amide bonds. The van der Waals surface area contributed by atoms with E-state index in [2.05, 4.69) is 10.1 Å². The third-order valence-electron chi connectivity index (χ3n) is 1.81. The third kappa shape index (κ3) is 1.55. The van der Waals surface area contributed by atoms with Crippen LogP contribution in [0.2, 0.25) is 0 Å². The lowest BCUT2D eigenvalue weighted by Gasteiger charge is -2.14. The number of rotatable bonds is 1. The molecule has 6 nitrogen and oxygen atoms in total. The minimum absolute atomic E-state index is 0.121. The first-order valence-corrected chi connectivity index (χ1v) is 4.23. The average molecular weight is 200 g/mol. The van der Waals surface area contributed by atoms with Crippen molar-refractivity contribution in [3.63, 3.8) is 0 Å². The van der Waals surface area contributed by atoms with Crippen LogP contribution in [0.3, 0.4) is 0 Å². The molecule has 1 aliphatic heterocycles. The lowest BCUT2D eigenvalue weighted by molar-refractivity contribution is -0.128. The van der Waals surface area contributed by atoms with E-state index in [0.29, 0.717) is 4.90 Å². The predicted octanol–water partition coefficient (Wildman–Crippen LogP) is 0.473. The Bertz CT molecular complexity index is 298. The lowest BCUT2D eigenvalue weighted by Crippen LogP contribution is -2.41. The van der Waals surface area contributed by atoms with E-state index in [-0.39, 0.29) is 6.61 Å². The first-order chi connectivity index (χ1) is 6.40. The second kappa shape index (κ2) is 3.28. The second-order valence-corrected chi connectivity index (χ2v) is 3.39. The molecule has 1 N–H and O–H groups in total. The Morgan fingerprint density at radius 3 is 2.43 bits per heavy atom. The van der Waals surface area contributed by atoms with Crippen molar-refractivity contribution in [1.29, 1.82) is 0 Å². The van der Waals surface area contributed by atoms with Crippen molar-refractivity contribution < 1.29 is 19.1 Å². The molecule has 0 aromatic heterocycles. The number of hydrogen-bond donors (Lipinski definition) is 1. The van der Waals surface area contributed by atoms with Gasteiger partial charge in [-0.3, -0.25) is 4.79 Å². The van der Waals surface area contributed by atoms with Crippen LogP contribution in [0.5, 0.6) is 0 Å². The van der Waals surface area contributed by atoms with Gasteiger partial charge in [-0.1, -0.05) is 0 Å². The summed E-state index contributed by atoms with van der Waals surface area (Å²) in [5.74, 6) is -0.596. The first-order valence-electron chi connectivity index (χ1n) is 4.23. The highest BCUT2D eigenvalue weighted by Crippen LogP contribution is 2.17. The summed E-state index contributed by atoms with van der Waals surface area (Å²) in [5.41, 5.74) is -1.04. The predicted molar refractivity (Wildman–Crippen MR) is 46.5 cm³/mol. The largest absolute Gasteiger partial charge is 0.449 e. The van der Waals surface area contributed by atoms with Crippen molar-refractivity contribution in [1.82, 2.24) is 10.2 Å². The van der Waals surface area contributed by atoms with E-state index >= 15 is 0 Å². The number of carbonyl (C=O) groups is 3. The van der Waals surface area contributed by atoms with Gasteiger partial charge in [0.25, 0.3) is 5.91 Å². The van der Waals surface area contributed by atoms with Crippen LogP contribution in [-0.4, -0.2) is 35.1 Å². The molecule has 0 bridgehead atoms. The number of nitrogens with one attached hydrogen (secondary N) is 1. The summed E-state index contributed by atoms with van der Waals surface area (Å²) < 4.78 is 4.57. The van der Waals surface area contributed by atoms with E-state index < -0.39 is 23.6 Å².